The molecule has 2 rings (SSSR count). The van der Waals surface area contributed by atoms with Gasteiger partial charge in [0.05, 0.1) is 16.1 Å². The molecule has 0 aliphatic heterocycles. The van der Waals surface area contributed by atoms with Gasteiger partial charge in [0.25, 0.3) is 0 Å². The maximum atomic E-state index is 9.91. The third kappa shape index (κ3) is 2.47. The minimum Gasteiger partial charge on any atom is -0.392 e. The third-order valence-corrected chi connectivity index (χ3v) is 3.84. The molecule has 1 aliphatic rings. The van der Waals surface area contributed by atoms with Gasteiger partial charge >= 0.3 is 0 Å². The van der Waals surface area contributed by atoms with Gasteiger partial charge in [-0.05, 0) is 30.5 Å². The first-order valence-corrected chi connectivity index (χ1v) is 6.07. The SMILES string of the molecule is OC1CCCCC1c1ccc(Cl)c(Cl)c1. The van der Waals surface area contributed by atoms with Gasteiger partial charge in [0.2, 0.25) is 0 Å². The van der Waals surface area contributed by atoms with Crippen LogP contribution in [0, 0.1) is 0 Å². The molecule has 82 valence electrons. The summed E-state index contributed by atoms with van der Waals surface area (Å²) in [5.41, 5.74) is 1.11. The summed E-state index contributed by atoms with van der Waals surface area (Å²) in [6.07, 6.45) is 4.02. The largest absolute Gasteiger partial charge is 0.392 e. The Morgan fingerprint density at radius 3 is 2.47 bits per heavy atom. The van der Waals surface area contributed by atoms with E-state index in [1.54, 1.807) is 6.07 Å². The summed E-state index contributed by atoms with van der Waals surface area (Å²) in [6, 6.07) is 5.65. The van der Waals surface area contributed by atoms with Crippen LogP contribution >= 0.6 is 23.2 Å². The van der Waals surface area contributed by atoms with Crippen molar-refractivity contribution in [1.29, 1.82) is 0 Å². The van der Waals surface area contributed by atoms with Crippen molar-refractivity contribution in [1.82, 2.24) is 0 Å². The highest BCUT2D eigenvalue weighted by Gasteiger charge is 2.24. The average molecular weight is 245 g/mol. The lowest BCUT2D eigenvalue weighted by atomic mass is 9.82. The first-order valence-electron chi connectivity index (χ1n) is 5.31. The van der Waals surface area contributed by atoms with E-state index in [1.165, 1.54) is 6.42 Å². The van der Waals surface area contributed by atoms with Crippen molar-refractivity contribution in [2.45, 2.75) is 37.7 Å². The van der Waals surface area contributed by atoms with Gasteiger partial charge in [-0.3, -0.25) is 0 Å². The monoisotopic (exact) mass is 244 g/mol. The van der Waals surface area contributed by atoms with Crippen LogP contribution in [0.5, 0.6) is 0 Å². The molecule has 3 heteroatoms. The van der Waals surface area contributed by atoms with Crippen LogP contribution < -0.4 is 0 Å². The fourth-order valence-electron chi connectivity index (χ4n) is 2.24. The second kappa shape index (κ2) is 4.73. The first-order chi connectivity index (χ1) is 7.18. The molecule has 15 heavy (non-hydrogen) atoms. The van der Waals surface area contributed by atoms with Crippen LogP contribution in [0.2, 0.25) is 10.0 Å². The highest BCUT2D eigenvalue weighted by atomic mass is 35.5. The van der Waals surface area contributed by atoms with Crippen LogP contribution in [-0.4, -0.2) is 11.2 Å². The molecule has 1 aromatic carbocycles. The van der Waals surface area contributed by atoms with Gasteiger partial charge in [0, 0.05) is 5.92 Å². The summed E-state index contributed by atoms with van der Waals surface area (Å²) in [5, 5.41) is 11.1. The van der Waals surface area contributed by atoms with Gasteiger partial charge in [0.15, 0.2) is 0 Å². The summed E-state index contributed by atoms with van der Waals surface area (Å²) >= 11 is 11.8. The number of hydrogen-bond acceptors (Lipinski definition) is 1. The highest BCUT2D eigenvalue weighted by molar-refractivity contribution is 6.42. The van der Waals surface area contributed by atoms with E-state index in [0.29, 0.717) is 10.0 Å². The normalized spacial score (nSPS) is 26.6. The minimum absolute atomic E-state index is 0.226. The van der Waals surface area contributed by atoms with E-state index in [-0.39, 0.29) is 12.0 Å². The smallest absolute Gasteiger partial charge is 0.0608 e. The molecule has 0 heterocycles. The first kappa shape index (κ1) is 11.3. The summed E-state index contributed by atoms with van der Waals surface area (Å²) in [6.45, 7) is 0. The van der Waals surface area contributed by atoms with E-state index in [0.717, 1.165) is 24.8 Å². The van der Waals surface area contributed by atoms with Gasteiger partial charge in [0.1, 0.15) is 0 Å². The van der Waals surface area contributed by atoms with E-state index in [9.17, 15) is 5.11 Å². The van der Waals surface area contributed by atoms with Crippen molar-refractivity contribution in [3.63, 3.8) is 0 Å². The van der Waals surface area contributed by atoms with Crippen molar-refractivity contribution in [3.05, 3.63) is 33.8 Å². The predicted octanol–water partition coefficient (Wildman–Crippen LogP) is 4.01. The minimum atomic E-state index is -0.226. The Labute approximate surface area is 100 Å². The summed E-state index contributed by atoms with van der Waals surface area (Å²) in [4.78, 5) is 0. The van der Waals surface area contributed by atoms with E-state index < -0.39 is 0 Å². The van der Waals surface area contributed by atoms with Crippen LogP contribution in [0.25, 0.3) is 0 Å². The van der Waals surface area contributed by atoms with Crippen molar-refractivity contribution >= 4 is 23.2 Å². The predicted molar refractivity (Wildman–Crippen MR) is 63.7 cm³/mol. The molecule has 1 aromatic rings. The average Bonchev–Trinajstić information content (AvgIpc) is 2.23. The molecular weight excluding hydrogens is 231 g/mol. The molecule has 0 bridgehead atoms. The molecule has 2 unspecified atom stereocenters. The van der Waals surface area contributed by atoms with Gasteiger partial charge in [-0.2, -0.15) is 0 Å². The molecule has 1 saturated carbocycles. The molecule has 1 aliphatic carbocycles. The maximum absolute atomic E-state index is 9.91. The van der Waals surface area contributed by atoms with Crippen LogP contribution in [0.3, 0.4) is 0 Å². The quantitative estimate of drug-likeness (QED) is 0.792. The zero-order valence-corrected chi connectivity index (χ0v) is 9.93. The molecule has 1 fully saturated rings. The number of benzene rings is 1. The fourth-order valence-corrected chi connectivity index (χ4v) is 2.55. The van der Waals surface area contributed by atoms with Gasteiger partial charge in [-0.15, -0.1) is 0 Å². The third-order valence-electron chi connectivity index (χ3n) is 3.10. The van der Waals surface area contributed by atoms with Crippen molar-refractivity contribution in [2.24, 2.45) is 0 Å². The molecule has 1 nitrogen and oxygen atoms in total. The van der Waals surface area contributed by atoms with Gasteiger partial charge in [-0.25, -0.2) is 0 Å². The second-order valence-corrected chi connectivity index (χ2v) is 4.95. The van der Waals surface area contributed by atoms with Gasteiger partial charge in [-0.1, -0.05) is 42.1 Å². The Bertz CT molecular complexity index is 351. The topological polar surface area (TPSA) is 20.2 Å². The van der Waals surface area contributed by atoms with Crippen LogP contribution in [0.1, 0.15) is 37.2 Å². The Hall–Kier alpha value is -0.240. The summed E-state index contributed by atoms with van der Waals surface area (Å²) in [5.74, 6) is 0.230. The molecular formula is C12H14Cl2O. The van der Waals surface area contributed by atoms with E-state index in [1.807, 2.05) is 12.1 Å². The van der Waals surface area contributed by atoms with Gasteiger partial charge < -0.3 is 5.11 Å². The Morgan fingerprint density at radius 2 is 1.80 bits per heavy atom. The molecule has 0 amide bonds. The maximum Gasteiger partial charge on any atom is 0.0608 e. The molecule has 0 spiro atoms. The standard InChI is InChI=1S/C12H14Cl2O/c13-10-6-5-8(7-11(10)14)9-3-1-2-4-12(9)15/h5-7,9,12,15H,1-4H2. The highest BCUT2D eigenvalue weighted by Crippen LogP contribution is 2.35. The van der Waals surface area contributed by atoms with Crippen molar-refractivity contribution < 1.29 is 5.11 Å². The van der Waals surface area contributed by atoms with Crippen LogP contribution in [0.4, 0.5) is 0 Å². The lowest BCUT2D eigenvalue weighted by Crippen LogP contribution is -2.22. The zero-order valence-electron chi connectivity index (χ0n) is 8.42. The summed E-state index contributed by atoms with van der Waals surface area (Å²) in [7, 11) is 0. The van der Waals surface area contributed by atoms with E-state index in [4.69, 9.17) is 23.2 Å². The lowest BCUT2D eigenvalue weighted by molar-refractivity contribution is 0.106. The van der Waals surface area contributed by atoms with Crippen LogP contribution in [0.15, 0.2) is 18.2 Å². The summed E-state index contributed by atoms with van der Waals surface area (Å²) < 4.78 is 0. The molecule has 0 aromatic heterocycles. The van der Waals surface area contributed by atoms with Crippen LogP contribution in [-0.2, 0) is 0 Å². The number of hydrogen-bond donors (Lipinski definition) is 1. The lowest BCUT2D eigenvalue weighted by Gasteiger charge is -2.28. The molecule has 0 radical (unpaired) electrons. The molecule has 1 N–H and O–H groups in total. The number of rotatable bonds is 1. The second-order valence-electron chi connectivity index (χ2n) is 4.13. The van der Waals surface area contributed by atoms with Crippen molar-refractivity contribution in [3.8, 4) is 0 Å². The number of aliphatic hydroxyl groups is 1. The zero-order chi connectivity index (χ0) is 10.8. The van der Waals surface area contributed by atoms with Crippen molar-refractivity contribution in [2.75, 3.05) is 0 Å². The van der Waals surface area contributed by atoms with E-state index in [2.05, 4.69) is 0 Å². The number of aliphatic hydroxyl groups excluding tert-OH is 1. The van der Waals surface area contributed by atoms with E-state index >= 15 is 0 Å². The number of halogens is 2. The molecule has 0 saturated heterocycles. The Kier molecular flexibility index (Phi) is 3.55. The Morgan fingerprint density at radius 1 is 1.07 bits per heavy atom. The Balaban J connectivity index is 2.24. The fraction of sp³-hybridized carbons (Fsp3) is 0.500. The molecule has 2 atom stereocenters.